The van der Waals surface area contributed by atoms with Gasteiger partial charge < -0.3 is 10.4 Å². The van der Waals surface area contributed by atoms with Crippen molar-refractivity contribution in [1.29, 1.82) is 0 Å². The molecule has 0 spiro atoms. The fourth-order valence-electron chi connectivity index (χ4n) is 1.91. The molecule has 0 saturated carbocycles. The molecule has 0 aliphatic carbocycles. The first-order valence-corrected chi connectivity index (χ1v) is 6.43. The first-order chi connectivity index (χ1) is 9.83. The fraction of sp³-hybridized carbons (Fsp3) is 0.133. The van der Waals surface area contributed by atoms with Crippen molar-refractivity contribution in [3.63, 3.8) is 0 Å². The Morgan fingerprint density at radius 2 is 1.90 bits per heavy atom. The SMILES string of the molecule is CC(Nc1cccc(Cl)c1)(C(=O)O)c1ccc(F)c(F)c1. The minimum atomic E-state index is -1.63. The van der Waals surface area contributed by atoms with Gasteiger partial charge in [-0.25, -0.2) is 13.6 Å². The van der Waals surface area contributed by atoms with Gasteiger partial charge in [0.25, 0.3) is 0 Å². The van der Waals surface area contributed by atoms with Gasteiger partial charge in [0, 0.05) is 10.7 Å². The van der Waals surface area contributed by atoms with Gasteiger partial charge in [-0.3, -0.25) is 0 Å². The van der Waals surface area contributed by atoms with E-state index in [2.05, 4.69) is 5.32 Å². The Kier molecular flexibility index (Phi) is 4.14. The number of hydrogen-bond acceptors (Lipinski definition) is 2. The van der Waals surface area contributed by atoms with Gasteiger partial charge in [0.05, 0.1) is 0 Å². The highest BCUT2D eigenvalue weighted by Gasteiger charge is 2.36. The molecule has 0 aliphatic heterocycles. The maximum atomic E-state index is 13.4. The van der Waals surface area contributed by atoms with Crippen LogP contribution in [0.5, 0.6) is 0 Å². The number of anilines is 1. The zero-order chi connectivity index (χ0) is 15.6. The monoisotopic (exact) mass is 311 g/mol. The van der Waals surface area contributed by atoms with Crippen LogP contribution in [0.3, 0.4) is 0 Å². The summed E-state index contributed by atoms with van der Waals surface area (Å²) in [7, 11) is 0. The first kappa shape index (κ1) is 15.3. The maximum absolute atomic E-state index is 13.4. The second-order valence-electron chi connectivity index (χ2n) is 4.69. The van der Waals surface area contributed by atoms with Crippen molar-refractivity contribution in [1.82, 2.24) is 0 Å². The van der Waals surface area contributed by atoms with Gasteiger partial charge in [0.1, 0.15) is 0 Å². The smallest absolute Gasteiger partial charge is 0.333 e. The van der Waals surface area contributed by atoms with Crippen molar-refractivity contribution in [3.05, 3.63) is 64.7 Å². The fourth-order valence-corrected chi connectivity index (χ4v) is 2.10. The van der Waals surface area contributed by atoms with E-state index in [-0.39, 0.29) is 5.56 Å². The number of nitrogens with one attached hydrogen (secondary N) is 1. The normalized spacial score (nSPS) is 13.5. The zero-order valence-electron chi connectivity index (χ0n) is 11.0. The molecule has 2 aromatic carbocycles. The molecule has 110 valence electrons. The van der Waals surface area contributed by atoms with Crippen molar-refractivity contribution in [3.8, 4) is 0 Å². The summed E-state index contributed by atoms with van der Waals surface area (Å²) in [5, 5.41) is 12.7. The lowest BCUT2D eigenvalue weighted by Gasteiger charge is -2.28. The zero-order valence-corrected chi connectivity index (χ0v) is 11.8. The summed E-state index contributed by atoms with van der Waals surface area (Å²) >= 11 is 5.85. The Morgan fingerprint density at radius 3 is 2.48 bits per heavy atom. The number of carbonyl (C=O) groups is 1. The van der Waals surface area contributed by atoms with Crippen molar-refractivity contribution >= 4 is 23.3 Å². The lowest BCUT2D eigenvalue weighted by atomic mass is 9.91. The summed E-state index contributed by atoms with van der Waals surface area (Å²) < 4.78 is 26.4. The largest absolute Gasteiger partial charge is 0.479 e. The topological polar surface area (TPSA) is 49.3 Å². The predicted molar refractivity (Wildman–Crippen MR) is 76.4 cm³/mol. The number of aliphatic carboxylic acids is 1. The van der Waals surface area contributed by atoms with Crippen LogP contribution < -0.4 is 5.32 Å². The molecule has 1 unspecified atom stereocenters. The molecule has 21 heavy (non-hydrogen) atoms. The van der Waals surface area contributed by atoms with Gasteiger partial charge >= 0.3 is 5.97 Å². The van der Waals surface area contributed by atoms with Gasteiger partial charge in [-0.2, -0.15) is 0 Å². The van der Waals surface area contributed by atoms with Crippen LogP contribution in [0, 0.1) is 11.6 Å². The molecule has 3 nitrogen and oxygen atoms in total. The van der Waals surface area contributed by atoms with E-state index in [4.69, 9.17) is 11.6 Å². The highest BCUT2D eigenvalue weighted by molar-refractivity contribution is 6.30. The third kappa shape index (κ3) is 3.13. The number of benzene rings is 2. The number of carboxylic acids is 1. The number of rotatable bonds is 4. The Balaban J connectivity index is 2.45. The number of halogens is 3. The Labute approximate surface area is 125 Å². The lowest BCUT2D eigenvalue weighted by molar-refractivity contribution is -0.142. The van der Waals surface area contributed by atoms with E-state index >= 15 is 0 Å². The molecule has 0 heterocycles. The van der Waals surface area contributed by atoms with Crippen LogP contribution in [0.15, 0.2) is 42.5 Å². The van der Waals surface area contributed by atoms with Crippen molar-refractivity contribution < 1.29 is 18.7 Å². The summed E-state index contributed by atoms with van der Waals surface area (Å²) in [4.78, 5) is 11.6. The third-order valence-corrected chi connectivity index (χ3v) is 3.38. The summed E-state index contributed by atoms with van der Waals surface area (Å²) in [5.41, 5.74) is -1.08. The molecule has 0 radical (unpaired) electrons. The molecule has 0 amide bonds. The molecular formula is C15H12ClF2NO2. The van der Waals surface area contributed by atoms with Crippen molar-refractivity contribution in [2.45, 2.75) is 12.5 Å². The van der Waals surface area contributed by atoms with Crippen molar-refractivity contribution in [2.24, 2.45) is 0 Å². The average Bonchev–Trinajstić information content (AvgIpc) is 2.41. The Bertz CT molecular complexity index is 693. The van der Waals surface area contributed by atoms with Crippen LogP contribution in [0.1, 0.15) is 12.5 Å². The minimum absolute atomic E-state index is 0.0916. The summed E-state index contributed by atoms with van der Waals surface area (Å²) in [5.74, 6) is -3.37. The van der Waals surface area contributed by atoms with Gasteiger partial charge in [0.15, 0.2) is 17.2 Å². The van der Waals surface area contributed by atoms with Crippen molar-refractivity contribution in [2.75, 3.05) is 5.32 Å². The maximum Gasteiger partial charge on any atom is 0.333 e. The predicted octanol–water partition coefficient (Wildman–Crippen LogP) is 4.03. The number of carboxylic acid groups (broad SMARTS) is 1. The van der Waals surface area contributed by atoms with Crippen LogP contribution >= 0.6 is 11.6 Å². The van der Waals surface area contributed by atoms with Gasteiger partial charge in [0.2, 0.25) is 0 Å². The van der Waals surface area contributed by atoms with E-state index < -0.39 is 23.1 Å². The highest BCUT2D eigenvalue weighted by Crippen LogP contribution is 2.28. The van der Waals surface area contributed by atoms with Gasteiger partial charge in [-0.15, -0.1) is 0 Å². The van der Waals surface area contributed by atoms with Crippen LogP contribution in [0.2, 0.25) is 5.02 Å². The Morgan fingerprint density at radius 1 is 1.19 bits per heavy atom. The quantitative estimate of drug-likeness (QED) is 0.896. The molecule has 0 aliphatic rings. The van der Waals surface area contributed by atoms with Crippen LogP contribution in [0.25, 0.3) is 0 Å². The molecule has 0 bridgehead atoms. The molecule has 2 N–H and O–H groups in total. The van der Waals surface area contributed by atoms with E-state index in [1.807, 2.05) is 0 Å². The first-order valence-electron chi connectivity index (χ1n) is 6.05. The van der Waals surface area contributed by atoms with E-state index in [0.717, 1.165) is 12.1 Å². The molecule has 1 atom stereocenters. The molecule has 0 aromatic heterocycles. The standard InChI is InChI=1S/C15H12ClF2NO2/c1-15(14(20)21,9-5-6-12(17)13(18)7-9)19-11-4-2-3-10(16)8-11/h2-8,19H,1H3,(H,20,21). The molecule has 6 heteroatoms. The summed E-state index contributed by atoms with van der Waals surface area (Å²) in [6.07, 6.45) is 0. The van der Waals surface area contributed by atoms with E-state index in [1.165, 1.54) is 13.0 Å². The van der Waals surface area contributed by atoms with Crippen LogP contribution in [-0.2, 0) is 10.3 Å². The van der Waals surface area contributed by atoms with E-state index in [0.29, 0.717) is 10.7 Å². The second kappa shape index (κ2) is 5.69. The lowest BCUT2D eigenvalue weighted by Crippen LogP contribution is -2.40. The van der Waals surface area contributed by atoms with Gasteiger partial charge in [-0.1, -0.05) is 23.7 Å². The highest BCUT2D eigenvalue weighted by atomic mass is 35.5. The molecule has 0 fully saturated rings. The minimum Gasteiger partial charge on any atom is -0.479 e. The Hall–Kier alpha value is -2.14. The van der Waals surface area contributed by atoms with E-state index in [1.54, 1.807) is 24.3 Å². The molecule has 2 aromatic rings. The average molecular weight is 312 g/mol. The van der Waals surface area contributed by atoms with E-state index in [9.17, 15) is 18.7 Å². The molecular weight excluding hydrogens is 300 g/mol. The molecule has 0 saturated heterocycles. The summed E-state index contributed by atoms with van der Waals surface area (Å²) in [6.45, 7) is 1.36. The van der Waals surface area contributed by atoms with Crippen LogP contribution in [-0.4, -0.2) is 11.1 Å². The third-order valence-electron chi connectivity index (χ3n) is 3.14. The second-order valence-corrected chi connectivity index (χ2v) is 5.13. The number of hydrogen-bond donors (Lipinski definition) is 2. The van der Waals surface area contributed by atoms with Gasteiger partial charge in [-0.05, 0) is 42.8 Å². The van der Waals surface area contributed by atoms with Crippen LogP contribution in [0.4, 0.5) is 14.5 Å². The molecule has 2 rings (SSSR count). The summed E-state index contributed by atoms with van der Waals surface area (Å²) in [6, 6.07) is 9.45.